The van der Waals surface area contributed by atoms with Gasteiger partial charge < -0.3 is 14.6 Å². The van der Waals surface area contributed by atoms with Gasteiger partial charge in [-0.15, -0.1) is 0 Å². The molecule has 98 valence electrons. The van der Waals surface area contributed by atoms with E-state index in [1.807, 2.05) is 38.1 Å². The molecule has 0 aromatic heterocycles. The van der Waals surface area contributed by atoms with Gasteiger partial charge in [-0.1, -0.05) is 24.3 Å². The lowest BCUT2D eigenvalue weighted by Gasteiger charge is -2.17. The van der Waals surface area contributed by atoms with Gasteiger partial charge in [0.05, 0.1) is 0 Å². The Morgan fingerprint density at radius 2 is 1.78 bits per heavy atom. The zero-order valence-electron chi connectivity index (χ0n) is 10.6. The van der Waals surface area contributed by atoms with Crippen LogP contribution in [0.25, 0.3) is 6.08 Å². The number of carboxylic acids is 1. The van der Waals surface area contributed by atoms with Gasteiger partial charge in [0.15, 0.2) is 6.29 Å². The molecular formula is C14H18O4. The molecule has 0 spiro atoms. The number of hydrogen-bond donors (Lipinski definition) is 1. The van der Waals surface area contributed by atoms with E-state index >= 15 is 0 Å². The number of aliphatic carboxylic acids is 1. The second-order valence-electron chi connectivity index (χ2n) is 3.58. The number of benzene rings is 1. The Labute approximate surface area is 107 Å². The summed E-state index contributed by atoms with van der Waals surface area (Å²) < 4.78 is 10.9. The molecule has 0 aliphatic rings. The van der Waals surface area contributed by atoms with Gasteiger partial charge in [0.1, 0.15) is 0 Å². The molecule has 0 saturated carbocycles. The molecule has 1 N–H and O–H groups in total. The van der Waals surface area contributed by atoms with Gasteiger partial charge in [0.25, 0.3) is 0 Å². The summed E-state index contributed by atoms with van der Waals surface area (Å²) in [5.74, 6) is -0.958. The monoisotopic (exact) mass is 250 g/mol. The van der Waals surface area contributed by atoms with Crippen LogP contribution in [0.5, 0.6) is 0 Å². The smallest absolute Gasteiger partial charge is 0.328 e. The van der Waals surface area contributed by atoms with Gasteiger partial charge in [-0.2, -0.15) is 0 Å². The molecule has 18 heavy (non-hydrogen) atoms. The van der Waals surface area contributed by atoms with Crippen LogP contribution >= 0.6 is 0 Å². The van der Waals surface area contributed by atoms with Gasteiger partial charge in [-0.3, -0.25) is 0 Å². The second kappa shape index (κ2) is 7.63. The Morgan fingerprint density at radius 3 is 2.22 bits per heavy atom. The molecule has 1 aromatic rings. The van der Waals surface area contributed by atoms with Crippen molar-refractivity contribution in [1.82, 2.24) is 0 Å². The third-order valence-electron chi connectivity index (χ3n) is 2.26. The van der Waals surface area contributed by atoms with E-state index in [2.05, 4.69) is 0 Å². The predicted octanol–water partition coefficient (Wildman–Crippen LogP) is 2.86. The fourth-order valence-corrected chi connectivity index (χ4v) is 1.48. The lowest BCUT2D eigenvalue weighted by molar-refractivity contribution is -0.140. The van der Waals surface area contributed by atoms with E-state index in [0.717, 1.165) is 17.2 Å². The average Bonchev–Trinajstić information content (AvgIpc) is 2.37. The largest absolute Gasteiger partial charge is 0.478 e. The van der Waals surface area contributed by atoms with Crippen LogP contribution in [0.2, 0.25) is 0 Å². The van der Waals surface area contributed by atoms with Crippen molar-refractivity contribution < 1.29 is 19.4 Å². The average molecular weight is 250 g/mol. The zero-order valence-corrected chi connectivity index (χ0v) is 10.6. The Morgan fingerprint density at radius 1 is 1.22 bits per heavy atom. The standard InChI is InChI=1S/C14H18O4/c1-3-17-14(18-4-2)12-8-5-11(6-9-12)7-10-13(15)16/h5-10,14H,3-4H2,1-2H3,(H,15,16). The molecule has 0 aliphatic carbocycles. The maximum absolute atomic E-state index is 10.4. The van der Waals surface area contributed by atoms with Crippen LogP contribution < -0.4 is 0 Å². The van der Waals surface area contributed by atoms with Crippen LogP contribution in [0.4, 0.5) is 0 Å². The first-order chi connectivity index (χ1) is 8.67. The van der Waals surface area contributed by atoms with Crippen LogP contribution in [-0.4, -0.2) is 24.3 Å². The third-order valence-corrected chi connectivity index (χ3v) is 2.26. The van der Waals surface area contributed by atoms with E-state index in [4.69, 9.17) is 14.6 Å². The Balaban J connectivity index is 2.76. The zero-order chi connectivity index (χ0) is 13.4. The number of rotatable bonds is 7. The molecule has 0 atom stereocenters. The maximum atomic E-state index is 10.4. The molecule has 0 radical (unpaired) electrons. The molecular weight excluding hydrogens is 232 g/mol. The van der Waals surface area contributed by atoms with Gasteiger partial charge in [-0.25, -0.2) is 4.79 Å². The highest BCUT2D eigenvalue weighted by molar-refractivity contribution is 5.85. The summed E-state index contributed by atoms with van der Waals surface area (Å²) in [6.45, 7) is 4.97. The SMILES string of the molecule is CCOC(OCC)c1ccc(C=CC(=O)O)cc1. The van der Waals surface area contributed by atoms with Gasteiger partial charge in [-0.05, 0) is 25.5 Å². The Hall–Kier alpha value is -1.65. The fourth-order valence-electron chi connectivity index (χ4n) is 1.48. The minimum atomic E-state index is -0.958. The molecule has 0 bridgehead atoms. The molecule has 0 fully saturated rings. The summed E-state index contributed by atoms with van der Waals surface area (Å²) in [6.07, 6.45) is 2.29. The summed E-state index contributed by atoms with van der Waals surface area (Å²) in [4.78, 5) is 10.4. The number of carboxylic acid groups (broad SMARTS) is 1. The number of hydrogen-bond acceptors (Lipinski definition) is 3. The number of carbonyl (C=O) groups is 1. The summed E-state index contributed by atoms with van der Waals surface area (Å²) >= 11 is 0. The van der Waals surface area contributed by atoms with Gasteiger partial charge in [0, 0.05) is 24.9 Å². The summed E-state index contributed by atoms with van der Waals surface area (Å²) in [7, 11) is 0. The van der Waals surface area contributed by atoms with Crippen molar-refractivity contribution in [3.63, 3.8) is 0 Å². The molecule has 0 unspecified atom stereocenters. The molecule has 1 aromatic carbocycles. The van der Waals surface area contributed by atoms with Crippen molar-refractivity contribution in [3.05, 3.63) is 41.5 Å². The summed E-state index contributed by atoms with van der Waals surface area (Å²) in [6, 6.07) is 7.41. The van der Waals surface area contributed by atoms with Crippen LogP contribution in [-0.2, 0) is 14.3 Å². The van der Waals surface area contributed by atoms with Crippen molar-refractivity contribution in [2.45, 2.75) is 20.1 Å². The van der Waals surface area contributed by atoms with E-state index in [-0.39, 0.29) is 6.29 Å². The van der Waals surface area contributed by atoms with Crippen LogP contribution in [0.3, 0.4) is 0 Å². The molecule has 4 nitrogen and oxygen atoms in total. The van der Waals surface area contributed by atoms with Crippen molar-refractivity contribution in [2.75, 3.05) is 13.2 Å². The van der Waals surface area contributed by atoms with Gasteiger partial charge in [0.2, 0.25) is 0 Å². The first kappa shape index (κ1) is 14.4. The van der Waals surface area contributed by atoms with Crippen molar-refractivity contribution in [2.24, 2.45) is 0 Å². The highest BCUT2D eigenvalue weighted by Crippen LogP contribution is 2.19. The van der Waals surface area contributed by atoms with E-state index in [1.165, 1.54) is 0 Å². The lowest BCUT2D eigenvalue weighted by atomic mass is 10.1. The predicted molar refractivity (Wildman–Crippen MR) is 69.1 cm³/mol. The molecule has 1 rings (SSSR count). The van der Waals surface area contributed by atoms with Crippen molar-refractivity contribution in [1.29, 1.82) is 0 Å². The highest BCUT2D eigenvalue weighted by atomic mass is 16.7. The first-order valence-electron chi connectivity index (χ1n) is 5.91. The normalized spacial score (nSPS) is 11.3. The first-order valence-corrected chi connectivity index (χ1v) is 5.91. The minimum absolute atomic E-state index is 0.363. The molecule has 4 heteroatoms. The van der Waals surface area contributed by atoms with E-state index in [1.54, 1.807) is 6.08 Å². The van der Waals surface area contributed by atoms with Crippen molar-refractivity contribution >= 4 is 12.0 Å². The molecule has 0 heterocycles. The van der Waals surface area contributed by atoms with E-state index in [9.17, 15) is 4.79 Å². The molecule has 0 aliphatic heterocycles. The topological polar surface area (TPSA) is 55.8 Å². The summed E-state index contributed by atoms with van der Waals surface area (Å²) in [5.41, 5.74) is 1.75. The van der Waals surface area contributed by atoms with E-state index in [0.29, 0.717) is 13.2 Å². The lowest BCUT2D eigenvalue weighted by Crippen LogP contribution is -2.08. The fraction of sp³-hybridized carbons (Fsp3) is 0.357. The minimum Gasteiger partial charge on any atom is -0.478 e. The van der Waals surface area contributed by atoms with Gasteiger partial charge >= 0.3 is 5.97 Å². The van der Waals surface area contributed by atoms with Crippen LogP contribution in [0, 0.1) is 0 Å². The maximum Gasteiger partial charge on any atom is 0.328 e. The Kier molecular flexibility index (Phi) is 6.11. The second-order valence-corrected chi connectivity index (χ2v) is 3.58. The summed E-state index contributed by atoms with van der Waals surface area (Å²) in [5, 5.41) is 8.53. The highest BCUT2D eigenvalue weighted by Gasteiger charge is 2.10. The quantitative estimate of drug-likeness (QED) is 0.597. The molecule has 0 saturated heterocycles. The van der Waals surface area contributed by atoms with Crippen LogP contribution in [0.15, 0.2) is 30.3 Å². The Bertz CT molecular complexity index is 389. The van der Waals surface area contributed by atoms with Crippen LogP contribution in [0.1, 0.15) is 31.3 Å². The third kappa shape index (κ3) is 4.69. The van der Waals surface area contributed by atoms with Crippen molar-refractivity contribution in [3.8, 4) is 0 Å². The molecule has 0 amide bonds. The van der Waals surface area contributed by atoms with E-state index < -0.39 is 5.97 Å². The number of ether oxygens (including phenoxy) is 2.